The Kier molecular flexibility index (Phi) is 4.17. The van der Waals surface area contributed by atoms with Gasteiger partial charge in [0.05, 0.1) is 0 Å². The number of halogens is 1. The zero-order chi connectivity index (χ0) is 16.7. The van der Waals surface area contributed by atoms with Crippen molar-refractivity contribution >= 4 is 21.7 Å². The predicted molar refractivity (Wildman–Crippen MR) is 80.9 cm³/mol. The van der Waals surface area contributed by atoms with Crippen LogP contribution in [0.15, 0.2) is 38.8 Å². The summed E-state index contributed by atoms with van der Waals surface area (Å²) in [6, 6.07) is 5.77. The van der Waals surface area contributed by atoms with Crippen LogP contribution in [0.1, 0.15) is 5.69 Å². The van der Waals surface area contributed by atoms with Gasteiger partial charge in [0.15, 0.2) is 4.90 Å². The lowest BCUT2D eigenvalue weighted by molar-refractivity contribution is 0.478. The molecule has 0 aliphatic heterocycles. The summed E-state index contributed by atoms with van der Waals surface area (Å²) >= 11 is 5.77. The number of benzene rings is 1. The lowest BCUT2D eigenvalue weighted by atomic mass is 10.3. The van der Waals surface area contributed by atoms with Crippen LogP contribution >= 0.6 is 11.6 Å². The average Bonchev–Trinajstić information content (AvgIpc) is 2.42. The number of hydrogen-bond donors (Lipinski definition) is 0. The van der Waals surface area contributed by atoms with E-state index in [1.807, 2.05) is 0 Å². The minimum atomic E-state index is -4.40. The zero-order valence-corrected chi connectivity index (χ0v) is 13.6. The summed E-state index contributed by atoms with van der Waals surface area (Å²) in [7, 11) is -1.84. The van der Waals surface area contributed by atoms with Crippen molar-refractivity contribution in [1.82, 2.24) is 9.13 Å². The van der Waals surface area contributed by atoms with E-state index < -0.39 is 26.3 Å². The van der Waals surface area contributed by atoms with Crippen LogP contribution in [0.4, 0.5) is 0 Å². The Morgan fingerprint density at radius 1 is 1.14 bits per heavy atom. The molecule has 118 valence electrons. The second kappa shape index (κ2) is 5.62. The van der Waals surface area contributed by atoms with E-state index in [4.69, 9.17) is 15.8 Å². The molecule has 0 aliphatic carbocycles. The van der Waals surface area contributed by atoms with Gasteiger partial charge in [-0.1, -0.05) is 17.7 Å². The van der Waals surface area contributed by atoms with Crippen molar-refractivity contribution < 1.29 is 12.6 Å². The predicted octanol–water partition coefficient (Wildman–Crippen LogP) is 0.814. The van der Waals surface area contributed by atoms with Crippen LogP contribution < -0.4 is 15.4 Å². The largest absolute Gasteiger partial charge is 0.379 e. The fourth-order valence-corrected chi connectivity index (χ4v) is 3.36. The topological polar surface area (TPSA) is 87.4 Å². The fourth-order valence-electron chi connectivity index (χ4n) is 1.89. The molecule has 0 unspecified atom stereocenters. The summed E-state index contributed by atoms with van der Waals surface area (Å²) in [6.45, 7) is 1.36. The molecule has 0 atom stereocenters. The molecule has 0 radical (unpaired) electrons. The van der Waals surface area contributed by atoms with Gasteiger partial charge in [0.1, 0.15) is 5.75 Å². The first-order valence-electron chi connectivity index (χ1n) is 6.12. The minimum absolute atomic E-state index is 0.00451. The highest BCUT2D eigenvalue weighted by Gasteiger charge is 2.27. The van der Waals surface area contributed by atoms with Crippen LogP contribution in [0.2, 0.25) is 5.02 Å². The Labute approximate surface area is 131 Å². The van der Waals surface area contributed by atoms with Gasteiger partial charge in [0, 0.05) is 30.9 Å². The summed E-state index contributed by atoms with van der Waals surface area (Å²) in [4.78, 5) is 23.3. The second-order valence-electron chi connectivity index (χ2n) is 4.62. The molecule has 0 saturated carbocycles. The standard InChI is InChI=1S/C13H13ClN2O5S/c1-8-11(12(17)16(3)13(18)15(8)2)22(19,20)21-10-6-4-5-9(14)7-10/h4-7H,1-3H3. The summed E-state index contributed by atoms with van der Waals surface area (Å²) in [5.41, 5.74) is -1.57. The normalized spacial score (nSPS) is 11.5. The highest BCUT2D eigenvalue weighted by molar-refractivity contribution is 7.87. The van der Waals surface area contributed by atoms with E-state index in [0.717, 1.165) is 4.57 Å². The molecule has 0 spiro atoms. The van der Waals surface area contributed by atoms with Gasteiger partial charge < -0.3 is 4.18 Å². The quantitative estimate of drug-likeness (QED) is 0.769. The monoisotopic (exact) mass is 344 g/mol. The van der Waals surface area contributed by atoms with Crippen LogP contribution in [0, 0.1) is 6.92 Å². The molecular formula is C13H13ClN2O5S. The molecule has 0 aliphatic rings. The van der Waals surface area contributed by atoms with E-state index in [1.165, 1.54) is 39.2 Å². The third-order valence-corrected chi connectivity index (χ3v) is 4.77. The van der Waals surface area contributed by atoms with Crippen molar-refractivity contribution in [2.45, 2.75) is 11.8 Å². The highest BCUT2D eigenvalue weighted by atomic mass is 35.5. The maximum atomic E-state index is 12.4. The van der Waals surface area contributed by atoms with Crippen LogP contribution in [0.25, 0.3) is 0 Å². The molecule has 1 aromatic heterocycles. The molecule has 1 aromatic carbocycles. The maximum absolute atomic E-state index is 12.4. The number of hydrogen-bond acceptors (Lipinski definition) is 5. The second-order valence-corrected chi connectivity index (χ2v) is 6.53. The maximum Gasteiger partial charge on any atom is 0.346 e. The van der Waals surface area contributed by atoms with Crippen molar-refractivity contribution in [2.75, 3.05) is 0 Å². The van der Waals surface area contributed by atoms with E-state index in [1.54, 1.807) is 6.07 Å². The summed E-state index contributed by atoms with van der Waals surface area (Å²) in [5.74, 6) is -0.0252. The van der Waals surface area contributed by atoms with Gasteiger partial charge in [0.25, 0.3) is 5.56 Å². The van der Waals surface area contributed by atoms with Crippen LogP contribution in [-0.4, -0.2) is 17.6 Å². The highest BCUT2D eigenvalue weighted by Crippen LogP contribution is 2.21. The number of rotatable bonds is 3. The summed E-state index contributed by atoms with van der Waals surface area (Å²) in [5, 5.41) is 0.290. The Morgan fingerprint density at radius 3 is 2.36 bits per heavy atom. The fraction of sp³-hybridized carbons (Fsp3) is 0.231. The third kappa shape index (κ3) is 2.79. The lowest BCUT2D eigenvalue weighted by Gasteiger charge is -2.12. The Hall–Kier alpha value is -2.06. The first-order chi connectivity index (χ1) is 10.1. The first kappa shape index (κ1) is 16.3. The Balaban J connectivity index is 2.65. The number of nitrogens with zero attached hydrogens (tertiary/aromatic N) is 2. The first-order valence-corrected chi connectivity index (χ1v) is 7.90. The van der Waals surface area contributed by atoms with Gasteiger partial charge in [-0.15, -0.1) is 0 Å². The Bertz CT molecular complexity index is 959. The van der Waals surface area contributed by atoms with Crippen molar-refractivity contribution in [3.8, 4) is 5.75 Å². The van der Waals surface area contributed by atoms with Crippen molar-refractivity contribution in [3.05, 3.63) is 55.8 Å². The van der Waals surface area contributed by atoms with Gasteiger partial charge in [-0.3, -0.25) is 13.9 Å². The van der Waals surface area contributed by atoms with E-state index >= 15 is 0 Å². The van der Waals surface area contributed by atoms with Gasteiger partial charge in [-0.2, -0.15) is 8.42 Å². The van der Waals surface area contributed by atoms with Gasteiger partial charge >= 0.3 is 15.8 Å². The lowest BCUT2D eigenvalue weighted by Crippen LogP contribution is -2.41. The smallest absolute Gasteiger partial charge is 0.346 e. The molecule has 9 heteroatoms. The summed E-state index contributed by atoms with van der Waals surface area (Å²) < 4.78 is 31.5. The van der Waals surface area contributed by atoms with E-state index in [9.17, 15) is 18.0 Å². The van der Waals surface area contributed by atoms with Crippen LogP contribution in [-0.2, 0) is 24.2 Å². The number of aromatic nitrogens is 2. The molecule has 1 heterocycles. The molecule has 0 saturated heterocycles. The van der Waals surface area contributed by atoms with Crippen LogP contribution in [0.3, 0.4) is 0 Å². The molecule has 0 amide bonds. The summed E-state index contributed by atoms with van der Waals surface area (Å²) in [6.07, 6.45) is 0. The SMILES string of the molecule is Cc1c(S(=O)(=O)Oc2cccc(Cl)c2)c(=O)n(C)c(=O)n1C. The van der Waals surface area contributed by atoms with Crippen LogP contribution in [0.5, 0.6) is 5.75 Å². The zero-order valence-electron chi connectivity index (χ0n) is 12.0. The average molecular weight is 345 g/mol. The van der Waals surface area contributed by atoms with Crippen molar-refractivity contribution in [2.24, 2.45) is 14.1 Å². The molecule has 2 aromatic rings. The Morgan fingerprint density at radius 2 is 1.77 bits per heavy atom. The van der Waals surface area contributed by atoms with Gasteiger partial charge in [-0.05, 0) is 19.1 Å². The van der Waals surface area contributed by atoms with E-state index in [2.05, 4.69) is 0 Å². The van der Waals surface area contributed by atoms with Gasteiger partial charge in [-0.25, -0.2) is 4.79 Å². The minimum Gasteiger partial charge on any atom is -0.379 e. The molecule has 0 bridgehead atoms. The van der Waals surface area contributed by atoms with Crippen molar-refractivity contribution in [1.29, 1.82) is 0 Å². The third-order valence-electron chi connectivity index (χ3n) is 3.16. The molecule has 2 rings (SSSR count). The molecule has 0 fully saturated rings. The van der Waals surface area contributed by atoms with Gasteiger partial charge in [0.2, 0.25) is 0 Å². The molecule has 22 heavy (non-hydrogen) atoms. The molecule has 7 nitrogen and oxygen atoms in total. The van der Waals surface area contributed by atoms with E-state index in [-0.39, 0.29) is 16.5 Å². The molecular weight excluding hydrogens is 332 g/mol. The van der Waals surface area contributed by atoms with E-state index in [0.29, 0.717) is 4.57 Å². The van der Waals surface area contributed by atoms with Crippen molar-refractivity contribution in [3.63, 3.8) is 0 Å². The molecule has 0 N–H and O–H groups in total.